The fourth-order valence-corrected chi connectivity index (χ4v) is 4.38. The zero-order valence-corrected chi connectivity index (χ0v) is 28.3. The van der Waals surface area contributed by atoms with Gasteiger partial charge in [-0.1, -0.05) is 94.6 Å². The van der Waals surface area contributed by atoms with Gasteiger partial charge in [0.1, 0.15) is 6.61 Å². The van der Waals surface area contributed by atoms with Crippen molar-refractivity contribution >= 4 is 17.9 Å². The highest BCUT2D eigenvalue weighted by atomic mass is 16.6. The fraction of sp³-hybridized carbons (Fsp3) is 0.694. The van der Waals surface area contributed by atoms with E-state index in [1.807, 2.05) is 39.4 Å². The van der Waals surface area contributed by atoms with Crippen molar-refractivity contribution in [3.8, 4) is 0 Å². The quantitative estimate of drug-likeness (QED) is 0.0413. The molecule has 0 saturated heterocycles. The van der Waals surface area contributed by atoms with E-state index in [2.05, 4.69) is 44.2 Å². The Bertz CT molecular complexity index is 870. The summed E-state index contributed by atoms with van der Waals surface area (Å²) in [6, 6.07) is -0.628. The van der Waals surface area contributed by atoms with Crippen LogP contribution in [0.1, 0.15) is 110 Å². The summed E-state index contributed by atoms with van der Waals surface area (Å²) in [5.41, 5.74) is 0. The first kappa shape index (κ1) is 41.3. The number of allylic oxidation sites excluding steroid dienone is 8. The van der Waals surface area contributed by atoms with Crippen LogP contribution in [0.25, 0.3) is 0 Å². The van der Waals surface area contributed by atoms with Crippen LogP contribution in [-0.2, 0) is 28.6 Å². The predicted octanol–water partition coefficient (Wildman–Crippen LogP) is 7.73. The van der Waals surface area contributed by atoms with E-state index in [4.69, 9.17) is 14.2 Å². The largest absolute Gasteiger partial charge is 0.477 e. The Morgan fingerprint density at radius 2 is 1.27 bits per heavy atom. The van der Waals surface area contributed by atoms with E-state index in [9.17, 15) is 19.5 Å². The van der Waals surface area contributed by atoms with Gasteiger partial charge in [0.25, 0.3) is 0 Å². The second kappa shape index (κ2) is 27.8. The molecule has 0 fully saturated rings. The maximum absolute atomic E-state index is 12.4. The van der Waals surface area contributed by atoms with Gasteiger partial charge >= 0.3 is 17.9 Å². The molecular weight excluding hydrogens is 558 g/mol. The Hall–Kier alpha value is -2.71. The number of unbranched alkanes of at least 4 members (excludes halogenated alkanes) is 6. The predicted molar refractivity (Wildman–Crippen MR) is 178 cm³/mol. The van der Waals surface area contributed by atoms with Gasteiger partial charge in [-0.15, -0.1) is 0 Å². The van der Waals surface area contributed by atoms with Crippen molar-refractivity contribution in [3.63, 3.8) is 0 Å². The SMILES string of the molecule is CC/C=C/C/C=C/CCC(=O)OC(COCCC(C(=O)O)[N+](C)(C)C)COC(=O)CC/C=C/C/C=C/CCCCCCCC. The Balaban J connectivity index is 4.58. The van der Waals surface area contributed by atoms with E-state index in [1.165, 1.54) is 38.5 Å². The third-order valence-corrected chi connectivity index (χ3v) is 6.99. The number of nitrogens with zero attached hydrogens (tertiary/aromatic N) is 1. The summed E-state index contributed by atoms with van der Waals surface area (Å²) in [7, 11) is 5.46. The highest BCUT2D eigenvalue weighted by molar-refractivity contribution is 5.72. The van der Waals surface area contributed by atoms with Crippen LogP contribution in [-0.4, -0.2) is 80.6 Å². The molecule has 2 atom stereocenters. The minimum atomic E-state index is -0.894. The number of quaternary nitrogens is 1. The summed E-state index contributed by atoms with van der Waals surface area (Å²) >= 11 is 0. The molecule has 44 heavy (non-hydrogen) atoms. The molecule has 252 valence electrons. The van der Waals surface area contributed by atoms with Crippen molar-refractivity contribution in [2.45, 2.75) is 122 Å². The summed E-state index contributed by atoms with van der Waals surface area (Å²) in [6.07, 6.45) is 29.3. The van der Waals surface area contributed by atoms with Gasteiger partial charge in [-0.2, -0.15) is 0 Å². The second-order valence-electron chi connectivity index (χ2n) is 12.0. The molecule has 0 heterocycles. The van der Waals surface area contributed by atoms with E-state index in [0.717, 1.165) is 25.7 Å². The normalized spacial score (nSPS) is 13.8. The lowest BCUT2D eigenvalue weighted by molar-refractivity contribution is -0.887. The van der Waals surface area contributed by atoms with Gasteiger partial charge in [0.2, 0.25) is 0 Å². The minimum Gasteiger partial charge on any atom is -0.477 e. The molecule has 0 aliphatic carbocycles. The summed E-state index contributed by atoms with van der Waals surface area (Å²) in [5.74, 6) is -1.66. The molecule has 0 aromatic rings. The third kappa shape index (κ3) is 25.8. The lowest BCUT2D eigenvalue weighted by Crippen LogP contribution is -2.50. The summed E-state index contributed by atoms with van der Waals surface area (Å²) in [6.45, 7) is 4.41. The molecule has 0 amide bonds. The van der Waals surface area contributed by atoms with E-state index >= 15 is 0 Å². The van der Waals surface area contributed by atoms with Gasteiger partial charge in [-0.05, 0) is 44.9 Å². The topological polar surface area (TPSA) is 99.1 Å². The van der Waals surface area contributed by atoms with E-state index < -0.39 is 24.1 Å². The summed E-state index contributed by atoms with van der Waals surface area (Å²) < 4.78 is 16.9. The number of carbonyl (C=O) groups excluding carboxylic acids is 2. The van der Waals surface area contributed by atoms with Gasteiger partial charge in [0, 0.05) is 19.3 Å². The second-order valence-corrected chi connectivity index (χ2v) is 12.0. The molecule has 0 bridgehead atoms. The molecule has 0 aliphatic heterocycles. The minimum absolute atomic E-state index is 0.0190. The molecular formula is C36H62NO7+. The molecule has 1 N–H and O–H groups in total. The zero-order valence-electron chi connectivity index (χ0n) is 28.3. The molecule has 2 unspecified atom stereocenters. The molecule has 8 heteroatoms. The number of aliphatic carboxylic acids is 1. The summed E-state index contributed by atoms with van der Waals surface area (Å²) in [4.78, 5) is 36.4. The average molecular weight is 621 g/mol. The molecule has 0 aliphatic rings. The van der Waals surface area contributed by atoms with Crippen LogP contribution in [0.5, 0.6) is 0 Å². The Kier molecular flexibility index (Phi) is 26.1. The number of rotatable bonds is 28. The van der Waals surface area contributed by atoms with Gasteiger partial charge in [-0.25, -0.2) is 4.79 Å². The number of ether oxygens (including phenoxy) is 3. The van der Waals surface area contributed by atoms with Crippen molar-refractivity contribution in [2.75, 3.05) is 41.0 Å². The Morgan fingerprint density at radius 3 is 1.86 bits per heavy atom. The molecule has 0 radical (unpaired) electrons. The molecule has 0 aromatic carbocycles. The van der Waals surface area contributed by atoms with Crippen LogP contribution in [0.3, 0.4) is 0 Å². The van der Waals surface area contributed by atoms with E-state index in [-0.39, 0.29) is 43.1 Å². The van der Waals surface area contributed by atoms with Gasteiger partial charge in [-0.3, -0.25) is 9.59 Å². The van der Waals surface area contributed by atoms with Gasteiger partial charge < -0.3 is 23.8 Å². The third-order valence-electron chi connectivity index (χ3n) is 6.99. The summed E-state index contributed by atoms with van der Waals surface area (Å²) in [5, 5.41) is 9.52. The first-order valence-electron chi connectivity index (χ1n) is 16.7. The number of esters is 2. The molecule has 0 spiro atoms. The maximum atomic E-state index is 12.4. The lowest BCUT2D eigenvalue weighted by Gasteiger charge is -2.31. The number of hydrogen-bond donors (Lipinski definition) is 1. The van der Waals surface area contributed by atoms with Crippen LogP contribution in [0.15, 0.2) is 48.6 Å². The number of hydrogen-bond acceptors (Lipinski definition) is 6. The smallest absolute Gasteiger partial charge is 0.362 e. The molecule has 0 rings (SSSR count). The van der Waals surface area contributed by atoms with Crippen LogP contribution in [0.4, 0.5) is 0 Å². The van der Waals surface area contributed by atoms with Gasteiger partial charge in [0.05, 0.1) is 34.4 Å². The number of carboxylic acid groups (broad SMARTS) is 1. The Labute approximate surface area is 267 Å². The fourth-order valence-electron chi connectivity index (χ4n) is 4.38. The maximum Gasteiger partial charge on any atom is 0.362 e. The van der Waals surface area contributed by atoms with E-state index in [1.54, 1.807) is 0 Å². The van der Waals surface area contributed by atoms with Crippen LogP contribution in [0, 0.1) is 0 Å². The van der Waals surface area contributed by atoms with Crippen molar-refractivity contribution in [3.05, 3.63) is 48.6 Å². The number of carboxylic acids is 1. The standard InChI is InChI=1S/C36H61NO7/c1-6-8-10-12-14-15-16-17-18-19-21-22-24-26-34(38)43-31-32(30-42-29-28-33(36(40)41)37(3,4)5)44-35(39)27-25-23-20-13-11-9-7-2/h9,11,17-18,20-23,32-33H,6-8,10,12-16,19,24-31H2,1-5H3/p+1/b11-9+,18-17+,22-21+,23-20+. The van der Waals surface area contributed by atoms with E-state index in [0.29, 0.717) is 19.3 Å². The number of carbonyl (C=O) groups is 3. The van der Waals surface area contributed by atoms with Crippen LogP contribution < -0.4 is 0 Å². The van der Waals surface area contributed by atoms with Gasteiger partial charge in [0.15, 0.2) is 12.1 Å². The van der Waals surface area contributed by atoms with Crippen LogP contribution in [0.2, 0.25) is 0 Å². The van der Waals surface area contributed by atoms with Crippen molar-refractivity contribution in [1.29, 1.82) is 0 Å². The highest BCUT2D eigenvalue weighted by Crippen LogP contribution is 2.10. The number of likely N-dealkylation sites (N-methyl/N-ethyl adjacent to an activating group) is 1. The molecule has 0 saturated carbocycles. The molecule has 8 nitrogen and oxygen atoms in total. The average Bonchev–Trinajstić information content (AvgIpc) is 2.96. The zero-order chi connectivity index (χ0) is 32.9. The van der Waals surface area contributed by atoms with Crippen molar-refractivity contribution < 1.29 is 38.2 Å². The highest BCUT2D eigenvalue weighted by Gasteiger charge is 2.31. The van der Waals surface area contributed by atoms with Crippen molar-refractivity contribution in [2.24, 2.45) is 0 Å². The first-order valence-corrected chi connectivity index (χ1v) is 16.7. The Morgan fingerprint density at radius 1 is 0.705 bits per heavy atom. The monoisotopic (exact) mass is 620 g/mol. The van der Waals surface area contributed by atoms with Crippen molar-refractivity contribution in [1.82, 2.24) is 0 Å². The molecule has 0 aromatic heterocycles. The lowest BCUT2D eigenvalue weighted by atomic mass is 10.1. The van der Waals surface area contributed by atoms with Crippen LogP contribution >= 0.6 is 0 Å². The first-order chi connectivity index (χ1) is 21.1.